The molecular formula is C29H38FN3O5S. The van der Waals surface area contributed by atoms with E-state index < -0.39 is 44.9 Å². The number of halogens is 1. The highest BCUT2D eigenvalue weighted by atomic mass is 32.2. The van der Waals surface area contributed by atoms with E-state index in [4.69, 9.17) is 9.47 Å². The van der Waals surface area contributed by atoms with Gasteiger partial charge in [-0.15, -0.1) is 0 Å². The van der Waals surface area contributed by atoms with Crippen molar-refractivity contribution in [1.29, 1.82) is 0 Å². The Morgan fingerprint density at radius 1 is 1.18 bits per heavy atom. The third-order valence-corrected chi connectivity index (χ3v) is 9.41. The van der Waals surface area contributed by atoms with Crippen LogP contribution in [0.15, 0.2) is 52.9 Å². The molecule has 4 rings (SSSR count). The van der Waals surface area contributed by atoms with Crippen molar-refractivity contribution < 1.29 is 27.7 Å². The molecule has 0 saturated carbocycles. The minimum Gasteiger partial charge on any atom is -0.444 e. The second kappa shape index (κ2) is 11.6. The van der Waals surface area contributed by atoms with Gasteiger partial charge in [-0.2, -0.15) is 0 Å². The predicted octanol–water partition coefficient (Wildman–Crippen LogP) is 4.47. The molecule has 0 radical (unpaired) electrons. The molecule has 2 aliphatic rings. The highest BCUT2D eigenvalue weighted by Gasteiger charge is 2.43. The molecule has 2 amide bonds. The predicted molar refractivity (Wildman–Crippen MR) is 148 cm³/mol. The molecular weight excluding hydrogens is 521 g/mol. The summed E-state index contributed by atoms with van der Waals surface area (Å²) in [7, 11) is -2.72. The first-order valence-electron chi connectivity index (χ1n) is 13.3. The van der Waals surface area contributed by atoms with E-state index in [0.717, 1.165) is 16.7 Å². The molecule has 2 aromatic carbocycles. The molecule has 10 heteroatoms. The van der Waals surface area contributed by atoms with Crippen LogP contribution in [0.3, 0.4) is 0 Å². The monoisotopic (exact) mass is 559 g/mol. The van der Waals surface area contributed by atoms with Crippen molar-refractivity contribution in [3.05, 3.63) is 71.0 Å². The summed E-state index contributed by atoms with van der Waals surface area (Å²) >= 11 is 0. The fourth-order valence-electron chi connectivity index (χ4n) is 5.34. The van der Waals surface area contributed by atoms with Crippen molar-refractivity contribution in [2.45, 2.75) is 69.6 Å². The van der Waals surface area contributed by atoms with Crippen LogP contribution in [0.4, 0.5) is 9.18 Å². The zero-order valence-electron chi connectivity index (χ0n) is 23.2. The van der Waals surface area contributed by atoms with E-state index in [-0.39, 0.29) is 24.8 Å². The van der Waals surface area contributed by atoms with Crippen LogP contribution < -0.4 is 5.32 Å². The van der Waals surface area contributed by atoms with Gasteiger partial charge in [0.15, 0.2) is 0 Å². The largest absolute Gasteiger partial charge is 0.444 e. The van der Waals surface area contributed by atoms with Gasteiger partial charge in [0, 0.05) is 25.8 Å². The van der Waals surface area contributed by atoms with Gasteiger partial charge in [-0.25, -0.2) is 17.8 Å². The van der Waals surface area contributed by atoms with Crippen LogP contribution in [0.5, 0.6) is 0 Å². The Morgan fingerprint density at radius 2 is 1.87 bits per heavy atom. The van der Waals surface area contributed by atoms with Gasteiger partial charge in [-0.1, -0.05) is 36.4 Å². The first-order valence-corrected chi connectivity index (χ1v) is 15.3. The molecule has 2 heterocycles. The third-order valence-electron chi connectivity index (χ3n) is 7.06. The Kier molecular flexibility index (Phi) is 8.66. The molecule has 0 aliphatic carbocycles. The number of alkyl carbamates (subject to hydrolysis) is 1. The SMILES string of the molecule is CCN=[S@](C)(=O)[C@H]1CO[C@@H](C(=O)N2CCc3ccccc3[C@@H]2c2ccc(F)cc2)C[C@@H]1NC(=O)OC(C)(C)C. The average molecular weight is 560 g/mol. The van der Waals surface area contributed by atoms with E-state index in [2.05, 4.69) is 9.68 Å². The number of nitrogens with zero attached hydrogens (tertiary/aromatic N) is 2. The second-order valence-electron chi connectivity index (χ2n) is 11.1. The first-order chi connectivity index (χ1) is 18.4. The van der Waals surface area contributed by atoms with Crippen molar-refractivity contribution in [3.8, 4) is 0 Å². The summed E-state index contributed by atoms with van der Waals surface area (Å²) in [6.45, 7) is 7.92. The van der Waals surface area contributed by atoms with Gasteiger partial charge in [-0.3, -0.25) is 4.79 Å². The maximum atomic E-state index is 14.0. The first kappa shape index (κ1) is 29.0. The van der Waals surface area contributed by atoms with Crippen LogP contribution >= 0.6 is 0 Å². The van der Waals surface area contributed by atoms with E-state index >= 15 is 0 Å². The summed E-state index contributed by atoms with van der Waals surface area (Å²) in [6, 6.07) is 13.1. The molecule has 1 fully saturated rings. The van der Waals surface area contributed by atoms with E-state index in [1.54, 1.807) is 51.0 Å². The third kappa shape index (κ3) is 6.78. The number of nitrogens with one attached hydrogen (secondary N) is 1. The van der Waals surface area contributed by atoms with E-state index in [0.29, 0.717) is 19.5 Å². The van der Waals surface area contributed by atoms with Gasteiger partial charge < -0.3 is 19.7 Å². The van der Waals surface area contributed by atoms with Crippen molar-refractivity contribution in [1.82, 2.24) is 10.2 Å². The topological polar surface area (TPSA) is 97.3 Å². The van der Waals surface area contributed by atoms with Gasteiger partial charge in [0.25, 0.3) is 5.91 Å². The molecule has 0 aromatic heterocycles. The van der Waals surface area contributed by atoms with Crippen LogP contribution in [0.2, 0.25) is 0 Å². The highest BCUT2D eigenvalue weighted by Crippen LogP contribution is 2.37. The Hall–Kier alpha value is -2.98. The smallest absolute Gasteiger partial charge is 0.407 e. The maximum absolute atomic E-state index is 14.0. The minimum absolute atomic E-state index is 0.00134. The molecule has 8 nitrogen and oxygen atoms in total. The number of fused-ring (bicyclic) bond motifs is 1. The molecule has 212 valence electrons. The maximum Gasteiger partial charge on any atom is 0.407 e. The summed E-state index contributed by atoms with van der Waals surface area (Å²) < 4.78 is 43.0. The summed E-state index contributed by atoms with van der Waals surface area (Å²) in [5.41, 5.74) is 2.20. The van der Waals surface area contributed by atoms with Crippen LogP contribution in [0.1, 0.15) is 56.8 Å². The van der Waals surface area contributed by atoms with Crippen LogP contribution in [-0.4, -0.2) is 70.1 Å². The lowest BCUT2D eigenvalue weighted by Crippen LogP contribution is -2.58. The van der Waals surface area contributed by atoms with Crippen LogP contribution in [0, 0.1) is 5.82 Å². The van der Waals surface area contributed by atoms with E-state index in [1.165, 1.54) is 12.1 Å². The number of amides is 2. The Bertz CT molecular complexity index is 1320. The normalized spacial score (nSPS) is 24.7. The van der Waals surface area contributed by atoms with Crippen LogP contribution in [0.25, 0.3) is 0 Å². The fourth-order valence-corrected chi connectivity index (χ4v) is 7.16. The number of carbonyl (C=O) groups excluding carboxylic acids is 2. The van der Waals surface area contributed by atoms with Gasteiger partial charge in [0.2, 0.25) is 0 Å². The van der Waals surface area contributed by atoms with Crippen molar-refractivity contribution in [2.24, 2.45) is 4.36 Å². The van der Waals surface area contributed by atoms with E-state index in [1.807, 2.05) is 24.3 Å². The lowest BCUT2D eigenvalue weighted by molar-refractivity contribution is -0.149. The molecule has 1 saturated heterocycles. The molecule has 39 heavy (non-hydrogen) atoms. The fraction of sp³-hybridized carbons (Fsp3) is 0.517. The minimum atomic E-state index is -2.72. The molecule has 0 bridgehead atoms. The summed E-state index contributed by atoms with van der Waals surface area (Å²) in [5, 5.41) is 2.24. The molecule has 1 N–H and O–H groups in total. The van der Waals surface area contributed by atoms with Crippen LogP contribution in [-0.2, 0) is 30.4 Å². The molecule has 0 unspecified atom stereocenters. The lowest BCUT2D eigenvalue weighted by Gasteiger charge is -2.42. The number of hydrogen-bond donors (Lipinski definition) is 1. The zero-order chi connectivity index (χ0) is 28.4. The van der Waals surface area contributed by atoms with Crippen molar-refractivity contribution in [3.63, 3.8) is 0 Å². The quantitative estimate of drug-likeness (QED) is 0.583. The summed E-state index contributed by atoms with van der Waals surface area (Å²) in [5.74, 6) is -0.581. The number of carbonyl (C=O) groups is 2. The Labute approximate surface area is 230 Å². The number of ether oxygens (including phenoxy) is 2. The number of hydrogen-bond acceptors (Lipinski definition) is 6. The lowest BCUT2D eigenvalue weighted by atomic mass is 9.87. The summed E-state index contributed by atoms with van der Waals surface area (Å²) in [6.07, 6.45) is 0.843. The highest BCUT2D eigenvalue weighted by molar-refractivity contribution is 7.93. The standard InChI is InChI=1S/C29H38FN3O5S/c1-6-31-39(5,36)25-18-37-24(17-23(25)32-28(35)38-29(2,3)4)27(34)33-16-15-19-9-7-8-10-22(19)26(33)20-11-13-21(30)14-12-20/h7-14,23-26H,6,15-18H2,1-5H3,(H,32,35)/t23-,24+,25-,26-,39+/m0/s1. The number of benzene rings is 2. The summed E-state index contributed by atoms with van der Waals surface area (Å²) in [4.78, 5) is 28.5. The second-order valence-corrected chi connectivity index (χ2v) is 13.7. The van der Waals surface area contributed by atoms with Crippen molar-refractivity contribution >= 4 is 21.7 Å². The van der Waals surface area contributed by atoms with Gasteiger partial charge in [-0.05, 0) is 62.9 Å². The van der Waals surface area contributed by atoms with Gasteiger partial charge >= 0.3 is 6.09 Å². The Balaban J connectivity index is 1.63. The zero-order valence-corrected chi connectivity index (χ0v) is 24.0. The van der Waals surface area contributed by atoms with Gasteiger partial charge in [0.05, 0.1) is 33.7 Å². The molecule has 2 aromatic rings. The molecule has 2 aliphatic heterocycles. The molecule has 5 atom stereocenters. The Morgan fingerprint density at radius 3 is 2.54 bits per heavy atom. The van der Waals surface area contributed by atoms with E-state index in [9.17, 15) is 18.2 Å². The average Bonchev–Trinajstić information content (AvgIpc) is 2.87. The number of rotatable bonds is 5. The van der Waals surface area contributed by atoms with Crippen molar-refractivity contribution in [2.75, 3.05) is 26.0 Å². The molecule has 0 spiro atoms. The van der Waals surface area contributed by atoms with Gasteiger partial charge in [0.1, 0.15) is 17.5 Å².